The maximum Gasteiger partial charge on any atom is 0.414 e. The quantitative estimate of drug-likeness (QED) is 0.526. The lowest BCUT2D eigenvalue weighted by Gasteiger charge is -2.36. The van der Waals surface area contributed by atoms with E-state index in [1.807, 2.05) is 4.90 Å². The Morgan fingerprint density at radius 3 is 2.41 bits per heavy atom. The molecular weight excluding hydrogens is 503 g/mol. The first-order valence-corrected chi connectivity index (χ1v) is 12.4. The molecule has 2 saturated heterocycles. The number of ether oxygens (including phenoxy) is 1. The molecule has 2 aliphatic rings. The van der Waals surface area contributed by atoms with Gasteiger partial charge in [-0.3, -0.25) is 19.3 Å². The molecule has 0 radical (unpaired) electrons. The number of carbonyl (C=O) groups is 4. The average Bonchev–Trinajstić information content (AvgIpc) is 3.26. The Labute approximate surface area is 219 Å². The number of hydrogen-bond acceptors (Lipinski definition) is 6. The van der Waals surface area contributed by atoms with Crippen LogP contribution < -0.4 is 15.1 Å². The highest BCUT2D eigenvalue weighted by molar-refractivity contribution is 6.30. The number of anilines is 2. The summed E-state index contributed by atoms with van der Waals surface area (Å²) in [5, 5.41) is 3.15. The van der Waals surface area contributed by atoms with E-state index in [0.717, 1.165) is 0 Å². The topological polar surface area (TPSA) is 99.3 Å². The Kier molecular flexibility index (Phi) is 8.27. The lowest BCUT2D eigenvalue weighted by atomic mass is 10.1. The van der Waals surface area contributed by atoms with Crippen LogP contribution in [-0.4, -0.2) is 74.0 Å². The van der Waals surface area contributed by atoms with Crippen LogP contribution in [0.15, 0.2) is 42.5 Å². The van der Waals surface area contributed by atoms with Gasteiger partial charge >= 0.3 is 6.09 Å². The number of Topliss-reactive ketones (excluding diaryl/α,β-unsaturated/α-hetero) is 1. The molecule has 196 valence electrons. The molecule has 0 aromatic heterocycles. The molecule has 2 aliphatic heterocycles. The summed E-state index contributed by atoms with van der Waals surface area (Å²) < 4.78 is 20.3. The summed E-state index contributed by atoms with van der Waals surface area (Å²) in [5.41, 5.74) is 1.28. The summed E-state index contributed by atoms with van der Waals surface area (Å²) in [6, 6.07) is 11.1. The summed E-state index contributed by atoms with van der Waals surface area (Å²) in [6.45, 7) is 3.49. The van der Waals surface area contributed by atoms with E-state index in [1.54, 1.807) is 41.3 Å². The molecule has 2 aromatic rings. The van der Waals surface area contributed by atoms with Gasteiger partial charge in [0.2, 0.25) is 11.8 Å². The van der Waals surface area contributed by atoms with Gasteiger partial charge in [0.1, 0.15) is 11.9 Å². The highest BCUT2D eigenvalue weighted by Crippen LogP contribution is 2.28. The SMILES string of the molecule is CC(=O)NC[C@H]1CN(c2ccc(N3CCN(C(=O)CCC(=O)c4ccc(Cl)cc4)CC3)c(F)c2)C(=O)O1. The van der Waals surface area contributed by atoms with Crippen LogP contribution in [0.25, 0.3) is 0 Å². The molecule has 4 rings (SSSR count). The number of nitrogens with one attached hydrogen (secondary N) is 1. The smallest absolute Gasteiger partial charge is 0.414 e. The predicted octanol–water partition coefficient (Wildman–Crippen LogP) is 3.25. The minimum absolute atomic E-state index is 0.110. The second kappa shape index (κ2) is 11.6. The van der Waals surface area contributed by atoms with Gasteiger partial charge in [0.05, 0.1) is 24.5 Å². The lowest BCUT2D eigenvalue weighted by molar-refractivity contribution is -0.131. The molecule has 1 atom stereocenters. The van der Waals surface area contributed by atoms with Gasteiger partial charge in [0.25, 0.3) is 0 Å². The molecule has 0 saturated carbocycles. The van der Waals surface area contributed by atoms with Crippen molar-refractivity contribution < 1.29 is 28.3 Å². The summed E-state index contributed by atoms with van der Waals surface area (Å²) in [4.78, 5) is 53.1. The van der Waals surface area contributed by atoms with E-state index in [0.29, 0.717) is 48.1 Å². The number of piperazine rings is 1. The Balaban J connectivity index is 1.28. The first-order valence-electron chi connectivity index (χ1n) is 12.0. The third kappa shape index (κ3) is 6.56. The third-order valence-electron chi connectivity index (χ3n) is 6.40. The maximum absolute atomic E-state index is 15.0. The highest BCUT2D eigenvalue weighted by atomic mass is 35.5. The fraction of sp³-hybridized carbons (Fsp3) is 0.385. The predicted molar refractivity (Wildman–Crippen MR) is 137 cm³/mol. The Morgan fingerprint density at radius 2 is 1.76 bits per heavy atom. The number of amides is 3. The zero-order valence-electron chi connectivity index (χ0n) is 20.4. The molecule has 0 aliphatic carbocycles. The van der Waals surface area contributed by atoms with Crippen molar-refractivity contribution in [3.8, 4) is 0 Å². The molecule has 0 unspecified atom stereocenters. The average molecular weight is 531 g/mol. The van der Waals surface area contributed by atoms with Crippen LogP contribution in [-0.2, 0) is 14.3 Å². The monoisotopic (exact) mass is 530 g/mol. The van der Waals surface area contributed by atoms with Gasteiger partial charge < -0.3 is 19.9 Å². The molecule has 0 spiro atoms. The molecule has 11 heteroatoms. The fourth-order valence-electron chi connectivity index (χ4n) is 4.37. The van der Waals surface area contributed by atoms with Crippen LogP contribution in [0.4, 0.5) is 20.6 Å². The number of cyclic esters (lactones) is 1. The van der Waals surface area contributed by atoms with Crippen molar-refractivity contribution in [3.05, 3.63) is 58.9 Å². The number of nitrogens with zero attached hydrogens (tertiary/aromatic N) is 3. The van der Waals surface area contributed by atoms with Crippen molar-refractivity contribution >= 4 is 46.7 Å². The summed E-state index contributed by atoms with van der Waals surface area (Å²) >= 11 is 5.85. The van der Waals surface area contributed by atoms with Crippen LogP contribution >= 0.6 is 11.6 Å². The third-order valence-corrected chi connectivity index (χ3v) is 6.65. The van der Waals surface area contributed by atoms with Crippen LogP contribution in [0, 0.1) is 5.82 Å². The minimum atomic E-state index is -0.593. The van der Waals surface area contributed by atoms with Gasteiger partial charge in [-0.25, -0.2) is 9.18 Å². The molecule has 9 nitrogen and oxygen atoms in total. The number of ketones is 1. The van der Waals surface area contributed by atoms with Gasteiger partial charge in [0.15, 0.2) is 5.78 Å². The van der Waals surface area contributed by atoms with E-state index in [2.05, 4.69) is 5.32 Å². The normalized spacial score (nSPS) is 17.5. The Morgan fingerprint density at radius 1 is 1.05 bits per heavy atom. The zero-order chi connectivity index (χ0) is 26.5. The fourth-order valence-corrected chi connectivity index (χ4v) is 4.50. The van der Waals surface area contributed by atoms with Crippen LogP contribution in [0.3, 0.4) is 0 Å². The van der Waals surface area contributed by atoms with E-state index >= 15 is 4.39 Å². The number of hydrogen-bond donors (Lipinski definition) is 1. The maximum atomic E-state index is 15.0. The first kappa shape index (κ1) is 26.4. The van der Waals surface area contributed by atoms with Crippen molar-refractivity contribution in [1.29, 1.82) is 0 Å². The van der Waals surface area contributed by atoms with E-state index in [4.69, 9.17) is 16.3 Å². The van der Waals surface area contributed by atoms with Crippen molar-refractivity contribution in [1.82, 2.24) is 10.2 Å². The lowest BCUT2D eigenvalue weighted by Crippen LogP contribution is -2.49. The van der Waals surface area contributed by atoms with Crippen LogP contribution in [0.1, 0.15) is 30.1 Å². The number of rotatable bonds is 8. The minimum Gasteiger partial charge on any atom is -0.442 e. The first-order chi connectivity index (χ1) is 17.7. The number of carbonyl (C=O) groups excluding carboxylic acids is 4. The standard InChI is InChI=1S/C26H28ClFN4O5/c1-17(33)29-15-21-16-32(26(36)37-21)20-6-7-23(22(28)14-20)30-10-12-31(13-11-30)25(35)9-8-24(34)18-2-4-19(27)5-3-18/h2-7,14,21H,8-13,15-16H2,1H3,(H,29,33)/t21-/m0/s1. The van der Waals surface area contributed by atoms with Crippen molar-refractivity contribution in [2.75, 3.05) is 49.1 Å². The van der Waals surface area contributed by atoms with E-state index in [1.165, 1.54) is 17.9 Å². The molecule has 0 bridgehead atoms. The number of benzene rings is 2. The number of halogens is 2. The second-order valence-electron chi connectivity index (χ2n) is 8.99. The largest absolute Gasteiger partial charge is 0.442 e. The Hall–Kier alpha value is -3.66. The van der Waals surface area contributed by atoms with Gasteiger partial charge in [0, 0.05) is 56.5 Å². The van der Waals surface area contributed by atoms with Crippen molar-refractivity contribution in [3.63, 3.8) is 0 Å². The summed E-state index contributed by atoms with van der Waals surface area (Å²) in [7, 11) is 0. The van der Waals surface area contributed by atoms with Crippen molar-refractivity contribution in [2.45, 2.75) is 25.9 Å². The summed E-state index contributed by atoms with van der Waals surface area (Å²) in [6.07, 6.45) is -0.878. The highest BCUT2D eigenvalue weighted by Gasteiger charge is 2.33. The van der Waals surface area contributed by atoms with Crippen LogP contribution in [0.2, 0.25) is 5.02 Å². The second-order valence-corrected chi connectivity index (χ2v) is 9.42. The molecule has 2 fully saturated rings. The van der Waals surface area contributed by atoms with Gasteiger partial charge in [-0.1, -0.05) is 11.6 Å². The van der Waals surface area contributed by atoms with Gasteiger partial charge in [-0.05, 0) is 42.5 Å². The molecule has 1 N–H and O–H groups in total. The van der Waals surface area contributed by atoms with Crippen molar-refractivity contribution in [2.24, 2.45) is 0 Å². The zero-order valence-corrected chi connectivity index (χ0v) is 21.2. The Bertz CT molecular complexity index is 1180. The molecular formula is C26H28ClFN4O5. The van der Waals surface area contributed by atoms with Crippen LogP contribution in [0.5, 0.6) is 0 Å². The summed E-state index contributed by atoms with van der Waals surface area (Å²) in [5.74, 6) is -0.935. The van der Waals surface area contributed by atoms with Gasteiger partial charge in [-0.2, -0.15) is 0 Å². The van der Waals surface area contributed by atoms with E-state index < -0.39 is 18.0 Å². The molecule has 2 aromatic carbocycles. The van der Waals surface area contributed by atoms with E-state index in [-0.39, 0.29) is 43.5 Å². The van der Waals surface area contributed by atoms with E-state index in [9.17, 15) is 19.2 Å². The van der Waals surface area contributed by atoms with Gasteiger partial charge in [-0.15, -0.1) is 0 Å². The molecule has 37 heavy (non-hydrogen) atoms. The molecule has 3 amide bonds. The molecule has 2 heterocycles.